The summed E-state index contributed by atoms with van der Waals surface area (Å²) in [5.41, 5.74) is -0.464. The van der Waals surface area contributed by atoms with Gasteiger partial charge in [0.25, 0.3) is 0 Å². The largest absolute Gasteiger partial charge is 0.418 e. The zero-order valence-electron chi connectivity index (χ0n) is 7.43. The van der Waals surface area contributed by atoms with Crippen molar-refractivity contribution in [1.29, 1.82) is 0 Å². The van der Waals surface area contributed by atoms with Crippen LogP contribution < -0.4 is 5.32 Å². The van der Waals surface area contributed by atoms with Gasteiger partial charge in [-0.15, -0.1) is 12.4 Å². The molecule has 0 saturated heterocycles. The van der Waals surface area contributed by atoms with Gasteiger partial charge < -0.3 is 5.32 Å². The van der Waals surface area contributed by atoms with Crippen molar-refractivity contribution < 1.29 is 13.2 Å². The number of aromatic nitrogens is 1. The standard InChI is InChI=1S/C8H9F3N2.ClH/c1-12-4-6-2-3-13-5-7(6)8(9,10)11;/h2-3,5,12H,4H2,1H3;1H. The molecule has 1 rings (SSSR count). The molecule has 0 aliphatic carbocycles. The normalized spacial score (nSPS) is 10.9. The summed E-state index contributed by atoms with van der Waals surface area (Å²) in [4.78, 5) is 3.45. The first-order valence-corrected chi connectivity index (χ1v) is 3.70. The second-order valence-corrected chi connectivity index (χ2v) is 2.56. The maximum atomic E-state index is 12.3. The number of nitrogens with one attached hydrogen (secondary N) is 1. The first kappa shape index (κ1) is 13.2. The Morgan fingerprint density at radius 2 is 2.07 bits per heavy atom. The quantitative estimate of drug-likeness (QED) is 0.837. The first-order valence-electron chi connectivity index (χ1n) is 3.70. The molecule has 0 atom stereocenters. The molecule has 0 aliphatic rings. The van der Waals surface area contributed by atoms with E-state index < -0.39 is 11.7 Å². The van der Waals surface area contributed by atoms with Crippen LogP contribution in [0.15, 0.2) is 18.5 Å². The average Bonchev–Trinajstić information content (AvgIpc) is 2.04. The van der Waals surface area contributed by atoms with Crippen LogP contribution in [0.25, 0.3) is 0 Å². The Balaban J connectivity index is 0.00000169. The molecule has 1 N–H and O–H groups in total. The predicted molar refractivity (Wildman–Crippen MR) is 49.3 cm³/mol. The van der Waals surface area contributed by atoms with Crippen LogP contribution in [0.5, 0.6) is 0 Å². The number of hydrogen-bond acceptors (Lipinski definition) is 2. The fourth-order valence-corrected chi connectivity index (χ4v) is 1.02. The summed E-state index contributed by atoms with van der Waals surface area (Å²) >= 11 is 0. The van der Waals surface area contributed by atoms with Gasteiger partial charge in [-0.2, -0.15) is 13.2 Å². The molecule has 6 heteroatoms. The van der Waals surface area contributed by atoms with Gasteiger partial charge in [-0.25, -0.2) is 0 Å². The third-order valence-electron chi connectivity index (χ3n) is 1.58. The summed E-state index contributed by atoms with van der Waals surface area (Å²) in [6, 6.07) is 1.36. The van der Waals surface area contributed by atoms with Crippen molar-refractivity contribution in [1.82, 2.24) is 10.3 Å². The summed E-state index contributed by atoms with van der Waals surface area (Å²) in [5.74, 6) is 0. The molecule has 0 bridgehead atoms. The van der Waals surface area contributed by atoms with Gasteiger partial charge in [0.2, 0.25) is 0 Å². The molecule has 1 aromatic rings. The Morgan fingerprint density at radius 1 is 1.43 bits per heavy atom. The maximum absolute atomic E-state index is 12.3. The molecule has 80 valence electrons. The second kappa shape index (κ2) is 5.17. The van der Waals surface area contributed by atoms with E-state index in [1.807, 2.05) is 0 Å². The van der Waals surface area contributed by atoms with Gasteiger partial charge in [0.15, 0.2) is 0 Å². The van der Waals surface area contributed by atoms with E-state index in [2.05, 4.69) is 10.3 Å². The van der Waals surface area contributed by atoms with Crippen molar-refractivity contribution >= 4 is 12.4 Å². The minimum Gasteiger partial charge on any atom is -0.316 e. The monoisotopic (exact) mass is 226 g/mol. The predicted octanol–water partition coefficient (Wildman–Crippen LogP) is 2.24. The average molecular weight is 227 g/mol. The van der Waals surface area contributed by atoms with E-state index >= 15 is 0 Å². The maximum Gasteiger partial charge on any atom is 0.418 e. The number of pyridine rings is 1. The van der Waals surface area contributed by atoms with Crippen LogP contribution in [0.1, 0.15) is 11.1 Å². The van der Waals surface area contributed by atoms with E-state index in [0.717, 1.165) is 6.20 Å². The Morgan fingerprint density at radius 3 is 2.57 bits per heavy atom. The van der Waals surface area contributed by atoms with E-state index in [4.69, 9.17) is 0 Å². The lowest BCUT2D eigenvalue weighted by Gasteiger charge is -2.10. The van der Waals surface area contributed by atoms with Gasteiger partial charge in [0.05, 0.1) is 5.56 Å². The molecule has 1 heterocycles. The minimum atomic E-state index is -4.32. The Hall–Kier alpha value is -0.810. The molecule has 14 heavy (non-hydrogen) atoms. The van der Waals surface area contributed by atoms with Crippen molar-refractivity contribution in [2.45, 2.75) is 12.7 Å². The van der Waals surface area contributed by atoms with E-state index in [0.29, 0.717) is 0 Å². The lowest BCUT2D eigenvalue weighted by atomic mass is 10.1. The van der Waals surface area contributed by atoms with Crippen LogP contribution in [-0.4, -0.2) is 12.0 Å². The molecule has 0 aliphatic heterocycles. The van der Waals surface area contributed by atoms with Gasteiger partial charge >= 0.3 is 6.18 Å². The summed E-state index contributed by atoms with van der Waals surface area (Å²) < 4.78 is 36.9. The van der Waals surface area contributed by atoms with Crippen LogP contribution >= 0.6 is 12.4 Å². The van der Waals surface area contributed by atoms with Crippen LogP contribution in [0.2, 0.25) is 0 Å². The number of alkyl halides is 3. The number of rotatable bonds is 2. The Bertz CT molecular complexity index is 288. The molecule has 0 saturated carbocycles. The molecular formula is C8H10ClF3N2. The van der Waals surface area contributed by atoms with Gasteiger partial charge in [-0.3, -0.25) is 4.98 Å². The molecule has 0 spiro atoms. The lowest BCUT2D eigenvalue weighted by molar-refractivity contribution is -0.138. The van der Waals surface area contributed by atoms with E-state index in [1.54, 1.807) is 7.05 Å². The highest BCUT2D eigenvalue weighted by Crippen LogP contribution is 2.30. The van der Waals surface area contributed by atoms with Gasteiger partial charge in [-0.05, 0) is 18.7 Å². The van der Waals surface area contributed by atoms with Crippen molar-refractivity contribution in [3.63, 3.8) is 0 Å². The summed E-state index contributed by atoms with van der Waals surface area (Å²) in [6.07, 6.45) is -2.13. The van der Waals surface area contributed by atoms with Crippen LogP contribution in [-0.2, 0) is 12.7 Å². The van der Waals surface area contributed by atoms with Crippen molar-refractivity contribution in [3.8, 4) is 0 Å². The Kier molecular flexibility index (Phi) is 4.87. The molecule has 0 amide bonds. The van der Waals surface area contributed by atoms with Crippen LogP contribution in [0.3, 0.4) is 0 Å². The molecule has 0 unspecified atom stereocenters. The zero-order chi connectivity index (χ0) is 9.90. The van der Waals surface area contributed by atoms with Gasteiger partial charge in [0, 0.05) is 18.9 Å². The molecular weight excluding hydrogens is 217 g/mol. The number of halogens is 4. The van der Waals surface area contributed by atoms with E-state index in [9.17, 15) is 13.2 Å². The smallest absolute Gasteiger partial charge is 0.316 e. The fraction of sp³-hybridized carbons (Fsp3) is 0.375. The lowest BCUT2D eigenvalue weighted by Crippen LogP contribution is -2.14. The van der Waals surface area contributed by atoms with E-state index in [1.165, 1.54) is 12.3 Å². The van der Waals surface area contributed by atoms with Crippen LogP contribution in [0.4, 0.5) is 13.2 Å². The minimum absolute atomic E-state index is 0. The first-order chi connectivity index (χ1) is 6.05. The molecule has 0 aromatic carbocycles. The van der Waals surface area contributed by atoms with Gasteiger partial charge in [0.1, 0.15) is 0 Å². The van der Waals surface area contributed by atoms with Crippen LogP contribution in [0, 0.1) is 0 Å². The summed E-state index contributed by atoms with van der Waals surface area (Å²) in [6.45, 7) is 0.192. The summed E-state index contributed by atoms with van der Waals surface area (Å²) in [5, 5.41) is 2.67. The van der Waals surface area contributed by atoms with Crippen molar-refractivity contribution in [2.75, 3.05) is 7.05 Å². The van der Waals surface area contributed by atoms with Crippen molar-refractivity contribution in [2.24, 2.45) is 0 Å². The van der Waals surface area contributed by atoms with Crippen molar-refractivity contribution in [3.05, 3.63) is 29.6 Å². The molecule has 1 aromatic heterocycles. The van der Waals surface area contributed by atoms with E-state index in [-0.39, 0.29) is 24.5 Å². The molecule has 0 fully saturated rings. The highest BCUT2D eigenvalue weighted by atomic mass is 35.5. The molecule has 0 radical (unpaired) electrons. The van der Waals surface area contributed by atoms with Gasteiger partial charge in [-0.1, -0.05) is 0 Å². The Labute approximate surface area is 85.9 Å². The SMILES string of the molecule is CNCc1ccncc1C(F)(F)F.Cl. The third kappa shape index (κ3) is 3.16. The third-order valence-corrected chi connectivity index (χ3v) is 1.58. The molecule has 2 nitrogen and oxygen atoms in total. The number of hydrogen-bond donors (Lipinski definition) is 1. The summed E-state index contributed by atoms with van der Waals surface area (Å²) in [7, 11) is 1.60. The fourth-order valence-electron chi connectivity index (χ4n) is 1.02. The highest BCUT2D eigenvalue weighted by molar-refractivity contribution is 5.85. The topological polar surface area (TPSA) is 24.9 Å². The zero-order valence-corrected chi connectivity index (χ0v) is 8.25. The highest BCUT2D eigenvalue weighted by Gasteiger charge is 2.33. The number of nitrogens with zero attached hydrogens (tertiary/aromatic N) is 1. The second-order valence-electron chi connectivity index (χ2n) is 2.56.